The van der Waals surface area contributed by atoms with E-state index in [-0.39, 0.29) is 12.3 Å². The number of methoxy groups -OCH3 is 1. The molecule has 26 heavy (non-hydrogen) atoms. The summed E-state index contributed by atoms with van der Waals surface area (Å²) in [7, 11) is 1.40. The number of aryl methyl sites for hydroxylation is 1. The normalized spacial score (nSPS) is 16.5. The van der Waals surface area contributed by atoms with E-state index < -0.39 is 6.10 Å². The number of aliphatic hydroxyl groups excluding tert-OH is 1. The summed E-state index contributed by atoms with van der Waals surface area (Å²) < 4.78 is 16.2. The zero-order valence-corrected chi connectivity index (χ0v) is 15.7. The van der Waals surface area contributed by atoms with Crippen molar-refractivity contribution in [2.45, 2.75) is 50.9 Å². The molecule has 5 nitrogen and oxygen atoms in total. The van der Waals surface area contributed by atoms with Gasteiger partial charge < -0.3 is 19.3 Å². The van der Waals surface area contributed by atoms with Gasteiger partial charge >= 0.3 is 5.97 Å². The molecule has 1 aliphatic rings. The molecule has 1 aliphatic heterocycles. The minimum atomic E-state index is -0.523. The van der Waals surface area contributed by atoms with Gasteiger partial charge in [-0.05, 0) is 54.8 Å². The van der Waals surface area contributed by atoms with Crippen LogP contribution >= 0.6 is 11.3 Å². The highest BCUT2D eigenvalue weighted by Crippen LogP contribution is 2.38. The van der Waals surface area contributed by atoms with Crippen molar-refractivity contribution in [3.63, 3.8) is 0 Å². The summed E-state index contributed by atoms with van der Waals surface area (Å²) in [4.78, 5) is 12.4. The smallest absolute Gasteiger partial charge is 0.305 e. The molecule has 1 aromatic heterocycles. The van der Waals surface area contributed by atoms with Crippen LogP contribution in [0.15, 0.2) is 35.7 Å². The summed E-state index contributed by atoms with van der Waals surface area (Å²) in [6.45, 7) is 0. The van der Waals surface area contributed by atoms with Crippen LogP contribution in [0, 0.1) is 0 Å². The van der Waals surface area contributed by atoms with Gasteiger partial charge in [-0.25, -0.2) is 0 Å². The molecule has 0 amide bonds. The fourth-order valence-electron chi connectivity index (χ4n) is 2.93. The second-order valence-corrected chi connectivity index (χ2v) is 7.36. The molecule has 0 saturated heterocycles. The average Bonchev–Trinajstić information content (AvgIpc) is 3.31. The number of benzene rings is 1. The van der Waals surface area contributed by atoms with Gasteiger partial charge in [0.2, 0.25) is 6.29 Å². The molecule has 0 bridgehead atoms. The van der Waals surface area contributed by atoms with Gasteiger partial charge in [0.1, 0.15) is 0 Å². The van der Waals surface area contributed by atoms with Crippen LogP contribution in [0.3, 0.4) is 0 Å². The number of carbonyl (C=O) groups is 1. The van der Waals surface area contributed by atoms with Crippen LogP contribution in [-0.4, -0.2) is 24.5 Å². The highest BCUT2D eigenvalue weighted by atomic mass is 32.1. The minimum Gasteiger partial charge on any atom is -0.469 e. The second kappa shape index (κ2) is 9.05. The minimum absolute atomic E-state index is 0.192. The van der Waals surface area contributed by atoms with Crippen LogP contribution in [0.25, 0.3) is 0 Å². The maximum absolute atomic E-state index is 11.1. The molecule has 2 heterocycles. The first-order chi connectivity index (χ1) is 12.7. The van der Waals surface area contributed by atoms with Crippen molar-refractivity contribution in [1.82, 2.24) is 0 Å². The molecule has 0 aliphatic carbocycles. The average molecular weight is 376 g/mol. The standard InChI is InChI=1S/C20H24O5S/c1-23-19(22)6-2-3-7-20-24-17-11-8-14(13-18(17)25-20)16(21)10-9-15-5-4-12-26-15/h4-5,8,11-13,16,20-21H,2-3,6-7,9-10H2,1H3. The van der Waals surface area contributed by atoms with Gasteiger partial charge in [-0.1, -0.05) is 12.1 Å². The Bertz CT molecular complexity index is 713. The van der Waals surface area contributed by atoms with Gasteiger partial charge in [0.05, 0.1) is 13.2 Å². The number of ether oxygens (including phenoxy) is 3. The van der Waals surface area contributed by atoms with Crippen molar-refractivity contribution < 1.29 is 24.1 Å². The number of hydrogen-bond donors (Lipinski definition) is 1. The number of fused-ring (bicyclic) bond motifs is 1. The molecule has 1 aromatic carbocycles. The summed E-state index contributed by atoms with van der Waals surface area (Å²) in [5.74, 6) is 1.19. The highest BCUT2D eigenvalue weighted by molar-refractivity contribution is 7.09. The van der Waals surface area contributed by atoms with E-state index >= 15 is 0 Å². The maximum Gasteiger partial charge on any atom is 0.305 e. The second-order valence-electron chi connectivity index (χ2n) is 6.33. The first-order valence-electron chi connectivity index (χ1n) is 8.90. The number of esters is 1. The molecule has 0 radical (unpaired) electrons. The van der Waals surface area contributed by atoms with E-state index in [1.54, 1.807) is 11.3 Å². The molecule has 0 fully saturated rings. The quantitative estimate of drug-likeness (QED) is 0.524. The van der Waals surface area contributed by atoms with Gasteiger partial charge in [-0.3, -0.25) is 4.79 Å². The fourth-order valence-corrected chi connectivity index (χ4v) is 3.65. The summed E-state index contributed by atoms with van der Waals surface area (Å²) in [5, 5.41) is 12.5. The predicted molar refractivity (Wildman–Crippen MR) is 99.6 cm³/mol. The van der Waals surface area contributed by atoms with Crippen LogP contribution < -0.4 is 9.47 Å². The number of hydrogen-bond acceptors (Lipinski definition) is 6. The number of aliphatic hydroxyl groups is 1. The van der Waals surface area contributed by atoms with E-state index in [1.165, 1.54) is 12.0 Å². The van der Waals surface area contributed by atoms with E-state index in [0.717, 1.165) is 24.8 Å². The van der Waals surface area contributed by atoms with Crippen molar-refractivity contribution in [3.8, 4) is 11.5 Å². The molecule has 2 atom stereocenters. The summed E-state index contributed by atoms with van der Waals surface area (Å²) in [6.07, 6.45) is 3.38. The molecular formula is C20H24O5S. The van der Waals surface area contributed by atoms with Crippen LogP contribution in [0.4, 0.5) is 0 Å². The Balaban J connectivity index is 1.47. The number of carbonyl (C=O) groups excluding carboxylic acids is 1. The molecule has 2 aromatic rings. The fraction of sp³-hybridized carbons (Fsp3) is 0.450. The van der Waals surface area contributed by atoms with Crippen LogP contribution in [-0.2, 0) is 16.0 Å². The largest absolute Gasteiger partial charge is 0.469 e. The van der Waals surface area contributed by atoms with Crippen molar-refractivity contribution >= 4 is 17.3 Å². The Morgan fingerprint density at radius 3 is 2.88 bits per heavy atom. The van der Waals surface area contributed by atoms with E-state index in [1.807, 2.05) is 29.6 Å². The molecule has 6 heteroatoms. The maximum atomic E-state index is 11.1. The topological polar surface area (TPSA) is 65.0 Å². The Morgan fingerprint density at radius 1 is 1.27 bits per heavy atom. The van der Waals surface area contributed by atoms with Gasteiger partial charge in [0, 0.05) is 17.7 Å². The zero-order chi connectivity index (χ0) is 18.4. The number of thiophene rings is 1. The van der Waals surface area contributed by atoms with Crippen LogP contribution in [0.5, 0.6) is 11.5 Å². The SMILES string of the molecule is COC(=O)CCCCC1Oc2ccc(C(O)CCc3cccs3)cc2O1. The van der Waals surface area contributed by atoms with Gasteiger partial charge in [0.15, 0.2) is 11.5 Å². The lowest BCUT2D eigenvalue weighted by Gasteiger charge is -2.11. The first kappa shape index (κ1) is 18.7. The predicted octanol–water partition coefficient (Wildman–Crippen LogP) is 4.25. The third kappa shape index (κ3) is 4.99. The molecule has 3 rings (SSSR count). The monoisotopic (exact) mass is 376 g/mol. The summed E-state index contributed by atoms with van der Waals surface area (Å²) in [5.41, 5.74) is 0.843. The third-order valence-corrected chi connectivity index (χ3v) is 5.35. The van der Waals surface area contributed by atoms with Gasteiger partial charge in [0.25, 0.3) is 0 Å². The number of unbranched alkanes of at least 4 members (excludes halogenated alkanes) is 1. The van der Waals surface area contributed by atoms with E-state index in [4.69, 9.17) is 9.47 Å². The molecule has 0 saturated carbocycles. The summed E-state index contributed by atoms with van der Waals surface area (Å²) in [6, 6.07) is 9.72. The van der Waals surface area contributed by atoms with E-state index in [0.29, 0.717) is 30.8 Å². The van der Waals surface area contributed by atoms with Crippen molar-refractivity contribution in [3.05, 3.63) is 46.2 Å². The lowest BCUT2D eigenvalue weighted by Crippen LogP contribution is -2.17. The lowest BCUT2D eigenvalue weighted by molar-refractivity contribution is -0.140. The molecular weight excluding hydrogens is 352 g/mol. The van der Waals surface area contributed by atoms with Gasteiger partial charge in [-0.15, -0.1) is 11.3 Å². The third-order valence-electron chi connectivity index (χ3n) is 4.41. The molecule has 1 N–H and O–H groups in total. The van der Waals surface area contributed by atoms with Crippen molar-refractivity contribution in [2.24, 2.45) is 0 Å². The Labute approximate surface area is 157 Å². The van der Waals surface area contributed by atoms with Gasteiger partial charge in [-0.2, -0.15) is 0 Å². The zero-order valence-electron chi connectivity index (χ0n) is 14.8. The van der Waals surface area contributed by atoms with Crippen molar-refractivity contribution in [2.75, 3.05) is 7.11 Å². The molecule has 140 valence electrons. The number of rotatable bonds is 9. The first-order valence-corrected chi connectivity index (χ1v) is 9.78. The molecule has 2 unspecified atom stereocenters. The highest BCUT2D eigenvalue weighted by Gasteiger charge is 2.25. The van der Waals surface area contributed by atoms with Crippen molar-refractivity contribution in [1.29, 1.82) is 0 Å². The Morgan fingerprint density at radius 2 is 2.12 bits per heavy atom. The van der Waals surface area contributed by atoms with E-state index in [9.17, 15) is 9.90 Å². The molecule has 0 spiro atoms. The van der Waals surface area contributed by atoms with Crippen LogP contribution in [0.1, 0.15) is 48.6 Å². The van der Waals surface area contributed by atoms with Crippen LogP contribution in [0.2, 0.25) is 0 Å². The Kier molecular flexibility index (Phi) is 6.52. The lowest BCUT2D eigenvalue weighted by atomic mass is 10.0. The Hall–Kier alpha value is -2.05. The summed E-state index contributed by atoms with van der Waals surface area (Å²) >= 11 is 1.71. The van der Waals surface area contributed by atoms with E-state index in [2.05, 4.69) is 10.8 Å².